The second kappa shape index (κ2) is 9.47. The van der Waals surface area contributed by atoms with Gasteiger partial charge < -0.3 is 15.8 Å². The van der Waals surface area contributed by atoms with Crippen molar-refractivity contribution in [3.05, 3.63) is 108 Å². The van der Waals surface area contributed by atoms with Crippen LogP contribution in [0.5, 0.6) is 0 Å². The molecule has 0 bridgehead atoms. The smallest absolute Gasteiger partial charge is 0.127 e. The minimum atomic E-state index is 0.413. The van der Waals surface area contributed by atoms with Crippen molar-refractivity contribution in [1.29, 1.82) is 0 Å². The number of nitrogens with two attached hydrogens (primary N) is 1. The van der Waals surface area contributed by atoms with Gasteiger partial charge in [0.25, 0.3) is 0 Å². The fraction of sp³-hybridized carbons (Fsp3) is 0.120. The number of benzene rings is 2. The van der Waals surface area contributed by atoms with E-state index in [9.17, 15) is 0 Å². The van der Waals surface area contributed by atoms with Crippen LogP contribution in [0.25, 0.3) is 12.2 Å². The van der Waals surface area contributed by atoms with Crippen LogP contribution < -0.4 is 11.1 Å². The molecular formula is C25H26N2O. The molecule has 0 saturated heterocycles. The first kappa shape index (κ1) is 19.3. The van der Waals surface area contributed by atoms with Crippen LogP contribution in [-0.4, -0.2) is 6.61 Å². The lowest BCUT2D eigenvalue weighted by molar-refractivity contribution is 0.235. The molecule has 1 aliphatic carbocycles. The molecule has 2 aromatic carbocycles. The maximum atomic E-state index is 6.02. The van der Waals surface area contributed by atoms with Gasteiger partial charge in [0.15, 0.2) is 0 Å². The number of para-hydroxylation sites is 2. The Morgan fingerprint density at radius 2 is 1.79 bits per heavy atom. The van der Waals surface area contributed by atoms with Crippen LogP contribution in [0.1, 0.15) is 24.5 Å². The lowest BCUT2D eigenvalue weighted by Gasteiger charge is -2.14. The Labute approximate surface area is 167 Å². The molecular weight excluding hydrogens is 344 g/mol. The number of ether oxygens (including phenoxy) is 1. The first-order valence-corrected chi connectivity index (χ1v) is 9.35. The van der Waals surface area contributed by atoms with Gasteiger partial charge in [-0.15, -0.1) is 0 Å². The van der Waals surface area contributed by atoms with Gasteiger partial charge in [0.05, 0.1) is 0 Å². The van der Waals surface area contributed by atoms with E-state index in [1.165, 1.54) is 5.57 Å². The summed E-state index contributed by atoms with van der Waals surface area (Å²) < 4.78 is 5.90. The van der Waals surface area contributed by atoms with Crippen molar-refractivity contribution < 1.29 is 4.74 Å². The predicted octanol–water partition coefficient (Wildman–Crippen LogP) is 6.17. The van der Waals surface area contributed by atoms with Gasteiger partial charge in [-0.3, -0.25) is 0 Å². The molecule has 0 fully saturated rings. The Morgan fingerprint density at radius 1 is 1.07 bits per heavy atom. The van der Waals surface area contributed by atoms with Gasteiger partial charge in [-0.05, 0) is 36.3 Å². The van der Waals surface area contributed by atoms with E-state index >= 15 is 0 Å². The highest BCUT2D eigenvalue weighted by molar-refractivity contribution is 5.80. The van der Waals surface area contributed by atoms with E-state index in [1.807, 2.05) is 60.7 Å². The molecule has 3 nitrogen and oxygen atoms in total. The largest absolute Gasteiger partial charge is 0.491 e. The standard InChI is InChI=1S/C25H26N2O/c1-19-8-7-11-23(17-14-19)28-18-20(2)27-25-13-6-4-10-22(25)16-15-21-9-3-5-12-24(21)26/h3-10,12-17,27H,2,11,18,26H2,1H3/b16-15+. The number of rotatable bonds is 7. The molecule has 0 amide bonds. The third-order valence-electron chi connectivity index (χ3n) is 4.37. The molecule has 3 rings (SSSR count). The maximum absolute atomic E-state index is 6.02. The average Bonchev–Trinajstić information content (AvgIpc) is 2.91. The molecule has 0 aliphatic heterocycles. The number of nitrogen functional groups attached to an aromatic ring is 1. The fourth-order valence-electron chi connectivity index (χ4n) is 2.82. The summed E-state index contributed by atoms with van der Waals surface area (Å²) in [5.74, 6) is 0.934. The molecule has 3 N–H and O–H groups in total. The zero-order valence-electron chi connectivity index (χ0n) is 16.2. The Balaban J connectivity index is 1.64. The minimum Gasteiger partial charge on any atom is -0.491 e. The van der Waals surface area contributed by atoms with Crippen LogP contribution in [0.3, 0.4) is 0 Å². The topological polar surface area (TPSA) is 47.3 Å². The zero-order valence-corrected chi connectivity index (χ0v) is 16.2. The second-order valence-electron chi connectivity index (χ2n) is 6.72. The SMILES string of the molecule is C=C(COC1=CC=C(C)C=CC1)Nc1ccccc1/C=C/c1ccccc1N. The van der Waals surface area contributed by atoms with E-state index in [4.69, 9.17) is 10.5 Å². The summed E-state index contributed by atoms with van der Waals surface area (Å²) in [5, 5.41) is 3.36. The fourth-order valence-corrected chi connectivity index (χ4v) is 2.82. The van der Waals surface area contributed by atoms with Crippen molar-refractivity contribution in [1.82, 2.24) is 0 Å². The normalized spacial score (nSPS) is 13.6. The van der Waals surface area contributed by atoms with Crippen LogP contribution in [0, 0.1) is 0 Å². The van der Waals surface area contributed by atoms with E-state index < -0.39 is 0 Å². The summed E-state index contributed by atoms with van der Waals surface area (Å²) >= 11 is 0. The van der Waals surface area contributed by atoms with Crippen LogP contribution in [0.2, 0.25) is 0 Å². The summed E-state index contributed by atoms with van der Waals surface area (Å²) in [4.78, 5) is 0. The third kappa shape index (κ3) is 5.52. The van der Waals surface area contributed by atoms with Crippen molar-refractivity contribution in [3.8, 4) is 0 Å². The van der Waals surface area contributed by atoms with Crippen molar-refractivity contribution in [3.63, 3.8) is 0 Å². The third-order valence-corrected chi connectivity index (χ3v) is 4.37. The number of anilines is 2. The van der Waals surface area contributed by atoms with E-state index in [-0.39, 0.29) is 0 Å². The van der Waals surface area contributed by atoms with Crippen LogP contribution in [-0.2, 0) is 4.74 Å². The molecule has 0 radical (unpaired) electrons. The molecule has 1 aliphatic rings. The summed E-state index contributed by atoms with van der Waals surface area (Å²) in [6.45, 7) is 6.59. The maximum Gasteiger partial charge on any atom is 0.127 e. The Kier molecular flexibility index (Phi) is 6.53. The Hall–Kier alpha value is -3.46. The van der Waals surface area contributed by atoms with Gasteiger partial charge >= 0.3 is 0 Å². The van der Waals surface area contributed by atoms with Crippen molar-refractivity contribution >= 4 is 23.5 Å². The molecule has 0 atom stereocenters. The number of hydrogen-bond acceptors (Lipinski definition) is 3. The quantitative estimate of drug-likeness (QED) is 0.452. The summed E-state index contributed by atoms with van der Waals surface area (Å²) in [5.41, 5.74) is 11.8. The lowest BCUT2D eigenvalue weighted by atomic mass is 10.1. The van der Waals surface area contributed by atoms with E-state index in [1.54, 1.807) is 0 Å². The molecule has 3 heteroatoms. The summed E-state index contributed by atoms with van der Waals surface area (Å²) in [7, 11) is 0. The lowest BCUT2D eigenvalue weighted by Crippen LogP contribution is -2.07. The summed E-state index contributed by atoms with van der Waals surface area (Å²) in [6.07, 6.45) is 13.1. The van der Waals surface area contributed by atoms with Crippen molar-refractivity contribution in [2.75, 3.05) is 17.7 Å². The minimum absolute atomic E-state index is 0.413. The predicted molar refractivity (Wildman–Crippen MR) is 121 cm³/mol. The van der Waals surface area contributed by atoms with Gasteiger partial charge in [0.1, 0.15) is 12.4 Å². The average molecular weight is 370 g/mol. The molecule has 28 heavy (non-hydrogen) atoms. The molecule has 0 aromatic heterocycles. The molecule has 0 saturated carbocycles. The highest BCUT2D eigenvalue weighted by Crippen LogP contribution is 2.22. The Bertz CT molecular complexity index is 964. The Morgan fingerprint density at radius 3 is 2.61 bits per heavy atom. The molecule has 142 valence electrons. The molecule has 0 heterocycles. The monoisotopic (exact) mass is 370 g/mol. The molecule has 0 unspecified atom stereocenters. The van der Waals surface area contributed by atoms with Crippen LogP contribution in [0.4, 0.5) is 11.4 Å². The first-order chi connectivity index (χ1) is 13.6. The number of allylic oxidation sites excluding steroid dienone is 5. The summed E-state index contributed by atoms with van der Waals surface area (Å²) in [6, 6.07) is 15.9. The number of nitrogens with one attached hydrogen (secondary N) is 1. The van der Waals surface area contributed by atoms with E-state index in [0.717, 1.165) is 40.4 Å². The van der Waals surface area contributed by atoms with Gasteiger partial charge in [0.2, 0.25) is 0 Å². The zero-order chi connectivity index (χ0) is 19.8. The van der Waals surface area contributed by atoms with Gasteiger partial charge in [-0.2, -0.15) is 0 Å². The molecule has 0 spiro atoms. The highest BCUT2D eigenvalue weighted by Gasteiger charge is 2.04. The van der Waals surface area contributed by atoms with Crippen LogP contribution in [0.15, 0.2) is 96.4 Å². The number of hydrogen-bond donors (Lipinski definition) is 2. The van der Waals surface area contributed by atoms with E-state index in [0.29, 0.717) is 6.61 Å². The highest BCUT2D eigenvalue weighted by atomic mass is 16.5. The first-order valence-electron chi connectivity index (χ1n) is 9.35. The van der Waals surface area contributed by atoms with Crippen molar-refractivity contribution in [2.45, 2.75) is 13.3 Å². The van der Waals surface area contributed by atoms with Gasteiger partial charge in [0, 0.05) is 23.5 Å². The van der Waals surface area contributed by atoms with E-state index in [2.05, 4.69) is 43.1 Å². The van der Waals surface area contributed by atoms with Crippen LogP contribution >= 0.6 is 0 Å². The van der Waals surface area contributed by atoms with Gasteiger partial charge in [-0.25, -0.2) is 0 Å². The van der Waals surface area contributed by atoms with Crippen molar-refractivity contribution in [2.24, 2.45) is 0 Å². The second-order valence-corrected chi connectivity index (χ2v) is 6.72. The molecule has 2 aromatic rings. The van der Waals surface area contributed by atoms with Gasteiger partial charge in [-0.1, -0.05) is 78.9 Å².